The summed E-state index contributed by atoms with van der Waals surface area (Å²) >= 11 is 0. The minimum Gasteiger partial charge on any atom is -0.504 e. The highest BCUT2D eigenvalue weighted by atomic mass is 28.3. The summed E-state index contributed by atoms with van der Waals surface area (Å²) in [6, 6.07) is 3.36. The third kappa shape index (κ3) is 3.72. The van der Waals surface area contributed by atoms with E-state index in [-0.39, 0.29) is 5.75 Å². The molecule has 0 bridgehead atoms. The molecule has 0 aliphatic carbocycles. The van der Waals surface area contributed by atoms with Crippen LogP contribution >= 0.6 is 0 Å². The molecule has 0 spiro atoms. The van der Waals surface area contributed by atoms with E-state index in [0.29, 0.717) is 11.5 Å². The van der Waals surface area contributed by atoms with Gasteiger partial charge < -0.3 is 14.6 Å². The lowest BCUT2D eigenvalue weighted by molar-refractivity contribution is 0.333. The van der Waals surface area contributed by atoms with Gasteiger partial charge >= 0.3 is 0 Å². The van der Waals surface area contributed by atoms with E-state index in [2.05, 4.69) is 31.1 Å². The summed E-state index contributed by atoms with van der Waals surface area (Å²) in [5.41, 5.74) is 3.97. The van der Waals surface area contributed by atoms with Gasteiger partial charge in [0.2, 0.25) is 5.75 Å². The van der Waals surface area contributed by atoms with Gasteiger partial charge in [0, 0.05) is 5.56 Å². The van der Waals surface area contributed by atoms with E-state index in [0.717, 1.165) is 5.56 Å². The molecule has 4 heteroatoms. The van der Waals surface area contributed by atoms with Crippen LogP contribution in [0.4, 0.5) is 0 Å². The number of hydrogen-bond donors (Lipinski definition) is 1. The third-order valence-electron chi connectivity index (χ3n) is 2.04. The van der Waals surface area contributed by atoms with E-state index in [1.165, 1.54) is 14.2 Å². The van der Waals surface area contributed by atoms with Crippen LogP contribution < -0.4 is 9.47 Å². The topological polar surface area (TPSA) is 38.7 Å². The molecule has 0 saturated carbocycles. The third-order valence-corrected chi connectivity index (χ3v) is 2.92. The maximum Gasteiger partial charge on any atom is 0.203 e. The monoisotopic (exact) mass is 250 g/mol. The minimum atomic E-state index is -1.42. The van der Waals surface area contributed by atoms with Gasteiger partial charge in [-0.1, -0.05) is 25.6 Å². The van der Waals surface area contributed by atoms with Crippen molar-refractivity contribution < 1.29 is 14.6 Å². The van der Waals surface area contributed by atoms with E-state index in [9.17, 15) is 5.11 Å². The first-order valence-electron chi connectivity index (χ1n) is 5.35. The van der Waals surface area contributed by atoms with Crippen molar-refractivity contribution in [3.63, 3.8) is 0 Å². The van der Waals surface area contributed by atoms with Crippen molar-refractivity contribution in [1.29, 1.82) is 0 Å². The summed E-state index contributed by atoms with van der Waals surface area (Å²) < 4.78 is 10.2. The number of phenolic OH excluding ortho intramolecular Hbond substituents is 1. The Kier molecular flexibility index (Phi) is 4.08. The molecule has 0 heterocycles. The highest BCUT2D eigenvalue weighted by Crippen LogP contribution is 2.37. The second-order valence-corrected chi connectivity index (χ2v) is 9.48. The van der Waals surface area contributed by atoms with Crippen LogP contribution in [0.2, 0.25) is 19.6 Å². The van der Waals surface area contributed by atoms with Crippen LogP contribution in [0.3, 0.4) is 0 Å². The molecule has 0 aromatic heterocycles. The molecule has 1 rings (SSSR count). The molecular formula is C13H18O3Si. The summed E-state index contributed by atoms with van der Waals surface area (Å²) in [7, 11) is 1.60. The molecule has 0 fully saturated rings. The van der Waals surface area contributed by atoms with Crippen LogP contribution in [0, 0.1) is 11.5 Å². The largest absolute Gasteiger partial charge is 0.504 e. The fourth-order valence-electron chi connectivity index (χ4n) is 1.28. The summed E-state index contributed by atoms with van der Waals surface area (Å²) in [6.45, 7) is 6.50. The van der Waals surface area contributed by atoms with Crippen molar-refractivity contribution in [2.24, 2.45) is 0 Å². The maximum absolute atomic E-state index is 9.77. The van der Waals surface area contributed by atoms with Crippen LogP contribution in [0.1, 0.15) is 5.56 Å². The van der Waals surface area contributed by atoms with Crippen molar-refractivity contribution in [3.8, 4) is 28.7 Å². The quantitative estimate of drug-likeness (QED) is 0.648. The van der Waals surface area contributed by atoms with Crippen molar-refractivity contribution in [1.82, 2.24) is 0 Å². The molecular weight excluding hydrogens is 232 g/mol. The van der Waals surface area contributed by atoms with Gasteiger partial charge in [-0.2, -0.15) is 0 Å². The molecule has 1 N–H and O–H groups in total. The fourth-order valence-corrected chi connectivity index (χ4v) is 1.80. The SMILES string of the molecule is COc1cc(C#C[Si](C)(C)C)cc(O)c1OC. The van der Waals surface area contributed by atoms with Gasteiger partial charge in [0.15, 0.2) is 11.5 Å². The summed E-state index contributed by atoms with van der Waals surface area (Å²) in [5.74, 6) is 3.95. The zero-order valence-corrected chi connectivity index (χ0v) is 11.9. The van der Waals surface area contributed by atoms with Gasteiger partial charge in [-0.25, -0.2) is 0 Å². The number of hydrogen-bond acceptors (Lipinski definition) is 3. The summed E-state index contributed by atoms with van der Waals surface area (Å²) in [4.78, 5) is 0. The van der Waals surface area contributed by atoms with Gasteiger partial charge in [0.25, 0.3) is 0 Å². The summed E-state index contributed by atoms with van der Waals surface area (Å²) in [6.07, 6.45) is 0. The van der Waals surface area contributed by atoms with Crippen molar-refractivity contribution >= 4 is 8.07 Å². The molecule has 0 unspecified atom stereocenters. The Hall–Kier alpha value is -1.60. The first kappa shape index (κ1) is 13.5. The van der Waals surface area contributed by atoms with Crippen LogP contribution in [0.25, 0.3) is 0 Å². The molecule has 0 radical (unpaired) electrons. The van der Waals surface area contributed by atoms with E-state index in [1.807, 2.05) is 0 Å². The number of methoxy groups -OCH3 is 2. The van der Waals surface area contributed by atoms with Crippen LogP contribution in [-0.4, -0.2) is 27.4 Å². The van der Waals surface area contributed by atoms with Crippen LogP contribution in [0.5, 0.6) is 17.2 Å². The van der Waals surface area contributed by atoms with Crippen LogP contribution in [-0.2, 0) is 0 Å². The van der Waals surface area contributed by atoms with Gasteiger partial charge in [-0.15, -0.1) is 5.54 Å². The Morgan fingerprint density at radius 3 is 2.24 bits per heavy atom. The molecule has 3 nitrogen and oxygen atoms in total. The molecule has 1 aromatic rings. The lowest BCUT2D eigenvalue weighted by Gasteiger charge is -2.10. The predicted octanol–water partition coefficient (Wildman–Crippen LogP) is 2.64. The highest BCUT2D eigenvalue weighted by Gasteiger charge is 2.11. The number of benzene rings is 1. The molecule has 1 aromatic carbocycles. The zero-order chi connectivity index (χ0) is 13.1. The summed E-state index contributed by atoms with van der Waals surface area (Å²) in [5, 5.41) is 9.77. The standard InChI is InChI=1S/C13H18O3Si/c1-15-12-9-10(6-7-17(3,4)5)8-11(14)13(12)16-2/h8-9,14H,1-5H3. The van der Waals surface area contributed by atoms with Crippen molar-refractivity contribution in [2.45, 2.75) is 19.6 Å². The van der Waals surface area contributed by atoms with E-state index < -0.39 is 8.07 Å². The lowest BCUT2D eigenvalue weighted by Crippen LogP contribution is -2.16. The molecule has 0 saturated heterocycles. The molecule has 0 aliphatic heterocycles. The molecule has 0 atom stereocenters. The van der Waals surface area contributed by atoms with Gasteiger partial charge in [-0.3, -0.25) is 0 Å². The van der Waals surface area contributed by atoms with E-state index in [4.69, 9.17) is 9.47 Å². The number of ether oxygens (including phenoxy) is 2. The molecule has 17 heavy (non-hydrogen) atoms. The smallest absolute Gasteiger partial charge is 0.203 e. The molecule has 0 amide bonds. The second-order valence-electron chi connectivity index (χ2n) is 4.73. The Morgan fingerprint density at radius 2 is 1.76 bits per heavy atom. The van der Waals surface area contributed by atoms with Crippen molar-refractivity contribution in [3.05, 3.63) is 17.7 Å². The Bertz CT molecular complexity index is 464. The predicted molar refractivity (Wildman–Crippen MR) is 71.4 cm³/mol. The molecule has 0 aliphatic rings. The van der Waals surface area contributed by atoms with E-state index >= 15 is 0 Å². The first-order chi connectivity index (χ1) is 7.87. The van der Waals surface area contributed by atoms with E-state index in [1.54, 1.807) is 12.1 Å². The van der Waals surface area contributed by atoms with Gasteiger partial charge in [-0.05, 0) is 12.1 Å². The van der Waals surface area contributed by atoms with Gasteiger partial charge in [0.1, 0.15) is 8.07 Å². The molecule has 92 valence electrons. The minimum absolute atomic E-state index is 0.0479. The van der Waals surface area contributed by atoms with Crippen molar-refractivity contribution in [2.75, 3.05) is 14.2 Å². The number of phenols is 1. The average Bonchev–Trinajstić information content (AvgIpc) is 2.24. The fraction of sp³-hybridized carbons (Fsp3) is 0.385. The Morgan fingerprint density at radius 1 is 1.12 bits per heavy atom. The average molecular weight is 250 g/mol. The zero-order valence-electron chi connectivity index (χ0n) is 10.9. The number of aromatic hydroxyl groups is 1. The lowest BCUT2D eigenvalue weighted by atomic mass is 10.2. The van der Waals surface area contributed by atoms with Crippen LogP contribution in [0.15, 0.2) is 12.1 Å². The Balaban J connectivity index is 3.20. The maximum atomic E-state index is 9.77. The second kappa shape index (κ2) is 5.15. The Labute approximate surface area is 103 Å². The normalized spacial score (nSPS) is 10.4. The van der Waals surface area contributed by atoms with Gasteiger partial charge in [0.05, 0.1) is 14.2 Å². The number of rotatable bonds is 2. The first-order valence-corrected chi connectivity index (χ1v) is 8.85. The highest BCUT2D eigenvalue weighted by molar-refractivity contribution is 6.83.